The van der Waals surface area contributed by atoms with Gasteiger partial charge in [-0.1, -0.05) is 18.2 Å². The number of Topliss-reactive ketones (excluding diaryl/α,β-unsaturated/α-hetero) is 1. The lowest BCUT2D eigenvalue weighted by Gasteiger charge is -2.09. The average molecular weight is 304 g/mol. The highest BCUT2D eigenvalue weighted by Gasteiger charge is 2.26. The zero-order valence-electron chi connectivity index (χ0n) is 11.6. The van der Waals surface area contributed by atoms with E-state index in [0.29, 0.717) is 0 Å². The van der Waals surface area contributed by atoms with Gasteiger partial charge in [0.2, 0.25) is 5.90 Å². The lowest BCUT2D eigenvalue weighted by molar-refractivity contribution is -0.454. The maximum absolute atomic E-state index is 12.3. The molecule has 114 valence electrons. The van der Waals surface area contributed by atoms with Crippen molar-refractivity contribution in [1.82, 2.24) is 0 Å². The molecule has 1 atom stereocenters. The third kappa shape index (κ3) is 3.17. The summed E-state index contributed by atoms with van der Waals surface area (Å²) in [7, 11) is 0. The molecular formula is C14H12N2O6. The van der Waals surface area contributed by atoms with Crippen LogP contribution in [0.3, 0.4) is 0 Å². The highest BCUT2D eigenvalue weighted by atomic mass is 16.7. The molecule has 0 radical (unpaired) electrons. The molecule has 0 saturated heterocycles. The third-order valence-corrected chi connectivity index (χ3v) is 2.99. The summed E-state index contributed by atoms with van der Waals surface area (Å²) in [5.41, 5.74) is -0.0803. The summed E-state index contributed by atoms with van der Waals surface area (Å²) in [4.78, 5) is 37.2. The molecule has 1 aromatic carbocycles. The van der Waals surface area contributed by atoms with Crippen LogP contribution in [0.2, 0.25) is 0 Å². The van der Waals surface area contributed by atoms with Gasteiger partial charge in [-0.25, -0.2) is 9.79 Å². The van der Waals surface area contributed by atoms with Gasteiger partial charge in [0.1, 0.15) is 11.0 Å². The Kier molecular flexibility index (Phi) is 4.31. The van der Waals surface area contributed by atoms with Crippen molar-refractivity contribution in [3.63, 3.8) is 0 Å². The van der Waals surface area contributed by atoms with Gasteiger partial charge in [0, 0.05) is 11.6 Å². The number of carboxylic acid groups (broad SMARTS) is 1. The van der Waals surface area contributed by atoms with Crippen LogP contribution in [0.15, 0.2) is 41.2 Å². The first-order valence-electron chi connectivity index (χ1n) is 6.35. The summed E-state index contributed by atoms with van der Waals surface area (Å²) in [6.07, 6.45) is 1.37. The summed E-state index contributed by atoms with van der Waals surface area (Å²) in [6, 6.07) is 4.89. The van der Waals surface area contributed by atoms with Gasteiger partial charge in [-0.05, 0) is 13.0 Å². The van der Waals surface area contributed by atoms with Crippen LogP contribution in [0, 0.1) is 10.1 Å². The second-order valence-electron chi connectivity index (χ2n) is 4.52. The number of aromatic carboxylic acids is 1. The minimum atomic E-state index is -1.21. The van der Waals surface area contributed by atoms with Crippen molar-refractivity contribution >= 4 is 17.7 Å². The van der Waals surface area contributed by atoms with Gasteiger partial charge < -0.3 is 9.84 Å². The number of ketones is 1. The SMILES string of the molecule is CC(N=C1CC=C([N+](=O)[O-])O1)C(=O)c1ccccc1C(=O)O. The lowest BCUT2D eigenvalue weighted by atomic mass is 10.00. The maximum Gasteiger partial charge on any atom is 0.430 e. The van der Waals surface area contributed by atoms with Gasteiger partial charge in [0.25, 0.3) is 0 Å². The standard InChI is InChI=1S/C14H12N2O6/c1-8(15-11-6-7-12(22-11)16(20)21)13(17)9-4-2-3-5-10(9)14(18)19/h2-5,7-8H,6H2,1H3,(H,18,19). The van der Waals surface area contributed by atoms with E-state index in [1.807, 2.05) is 0 Å². The molecule has 0 amide bonds. The molecule has 8 nitrogen and oxygen atoms in total. The number of nitrogens with zero attached hydrogens (tertiary/aromatic N) is 2. The minimum absolute atomic E-state index is 0.0345. The van der Waals surface area contributed by atoms with E-state index < -0.39 is 28.6 Å². The number of carbonyl (C=O) groups is 2. The molecule has 1 aliphatic heterocycles. The molecule has 0 spiro atoms. The number of aliphatic imine (C=N–C) groups is 1. The molecule has 1 aromatic rings. The van der Waals surface area contributed by atoms with E-state index in [9.17, 15) is 19.7 Å². The first kappa shape index (κ1) is 15.4. The molecule has 22 heavy (non-hydrogen) atoms. The number of hydrogen-bond donors (Lipinski definition) is 1. The van der Waals surface area contributed by atoms with Crippen LogP contribution in [0.4, 0.5) is 0 Å². The normalized spacial score (nSPS) is 16.8. The van der Waals surface area contributed by atoms with Gasteiger partial charge in [0.05, 0.1) is 12.0 Å². The van der Waals surface area contributed by atoms with Crippen molar-refractivity contribution < 1.29 is 24.4 Å². The van der Waals surface area contributed by atoms with E-state index in [4.69, 9.17) is 9.84 Å². The number of rotatable bonds is 5. The molecule has 1 heterocycles. The Balaban J connectivity index is 2.18. The van der Waals surface area contributed by atoms with Crippen LogP contribution in [0.5, 0.6) is 0 Å². The Morgan fingerprint density at radius 1 is 1.36 bits per heavy atom. The van der Waals surface area contributed by atoms with Gasteiger partial charge in [0.15, 0.2) is 5.78 Å². The Labute approximate surface area is 124 Å². The lowest BCUT2D eigenvalue weighted by Crippen LogP contribution is -2.20. The van der Waals surface area contributed by atoms with Gasteiger partial charge in [-0.3, -0.25) is 14.9 Å². The molecule has 0 bridgehead atoms. The van der Waals surface area contributed by atoms with Crippen molar-refractivity contribution in [3.05, 3.63) is 57.5 Å². The van der Waals surface area contributed by atoms with Gasteiger partial charge >= 0.3 is 11.9 Å². The highest BCUT2D eigenvalue weighted by molar-refractivity contribution is 6.08. The Hall–Kier alpha value is -3.03. The molecule has 0 saturated carbocycles. The number of ether oxygens (including phenoxy) is 1. The van der Waals surface area contributed by atoms with Crippen molar-refractivity contribution in [1.29, 1.82) is 0 Å². The maximum atomic E-state index is 12.3. The first-order chi connectivity index (χ1) is 10.4. The van der Waals surface area contributed by atoms with E-state index in [1.54, 1.807) is 6.07 Å². The molecular weight excluding hydrogens is 292 g/mol. The van der Waals surface area contributed by atoms with E-state index in [-0.39, 0.29) is 23.4 Å². The number of carboxylic acids is 1. The second-order valence-corrected chi connectivity index (χ2v) is 4.52. The quantitative estimate of drug-likeness (QED) is 0.504. The number of benzene rings is 1. The molecule has 1 aliphatic rings. The topological polar surface area (TPSA) is 119 Å². The van der Waals surface area contributed by atoms with Crippen LogP contribution in [0.25, 0.3) is 0 Å². The average Bonchev–Trinajstić information content (AvgIpc) is 2.95. The second kappa shape index (κ2) is 6.17. The predicted octanol–water partition coefficient (Wildman–Crippen LogP) is 1.89. The minimum Gasteiger partial charge on any atom is -0.478 e. The van der Waals surface area contributed by atoms with Crippen molar-refractivity contribution in [2.45, 2.75) is 19.4 Å². The van der Waals surface area contributed by atoms with E-state index in [2.05, 4.69) is 4.99 Å². The molecule has 2 rings (SSSR count). The number of hydrogen-bond acceptors (Lipinski definition) is 6. The molecule has 0 fully saturated rings. The molecule has 0 aromatic heterocycles. The van der Waals surface area contributed by atoms with Crippen LogP contribution in [-0.4, -0.2) is 33.7 Å². The van der Waals surface area contributed by atoms with Crippen molar-refractivity contribution in [2.24, 2.45) is 4.99 Å². The van der Waals surface area contributed by atoms with E-state index in [1.165, 1.54) is 31.2 Å². The Bertz CT molecular complexity index is 707. The zero-order chi connectivity index (χ0) is 16.3. The summed E-state index contributed by atoms with van der Waals surface area (Å²) in [5.74, 6) is -2.08. The summed E-state index contributed by atoms with van der Waals surface area (Å²) in [6.45, 7) is 1.47. The fourth-order valence-electron chi connectivity index (χ4n) is 1.95. The number of carbonyl (C=O) groups excluding carboxylic acids is 1. The molecule has 1 unspecified atom stereocenters. The van der Waals surface area contributed by atoms with Crippen molar-refractivity contribution in [2.75, 3.05) is 0 Å². The Morgan fingerprint density at radius 2 is 2.00 bits per heavy atom. The van der Waals surface area contributed by atoms with Gasteiger partial charge in [-0.15, -0.1) is 0 Å². The highest BCUT2D eigenvalue weighted by Crippen LogP contribution is 2.17. The fraction of sp³-hybridized carbons (Fsp3) is 0.214. The zero-order valence-corrected chi connectivity index (χ0v) is 11.6. The molecule has 0 aliphatic carbocycles. The Morgan fingerprint density at radius 3 is 2.55 bits per heavy atom. The van der Waals surface area contributed by atoms with Crippen LogP contribution >= 0.6 is 0 Å². The molecule has 8 heteroatoms. The van der Waals surface area contributed by atoms with E-state index >= 15 is 0 Å². The summed E-state index contributed by atoms with van der Waals surface area (Å²) in [5, 5.41) is 19.6. The van der Waals surface area contributed by atoms with Crippen LogP contribution < -0.4 is 0 Å². The molecule has 1 N–H and O–H groups in total. The summed E-state index contributed by atoms with van der Waals surface area (Å²) >= 11 is 0. The van der Waals surface area contributed by atoms with Crippen molar-refractivity contribution in [3.8, 4) is 0 Å². The largest absolute Gasteiger partial charge is 0.478 e. The predicted molar refractivity (Wildman–Crippen MR) is 75.4 cm³/mol. The smallest absolute Gasteiger partial charge is 0.430 e. The van der Waals surface area contributed by atoms with E-state index in [0.717, 1.165) is 0 Å². The monoisotopic (exact) mass is 304 g/mol. The van der Waals surface area contributed by atoms with Gasteiger partial charge in [-0.2, -0.15) is 0 Å². The fourth-order valence-corrected chi connectivity index (χ4v) is 1.95. The van der Waals surface area contributed by atoms with Crippen LogP contribution in [-0.2, 0) is 4.74 Å². The summed E-state index contributed by atoms with van der Waals surface area (Å²) < 4.78 is 4.90. The first-order valence-corrected chi connectivity index (χ1v) is 6.35. The van der Waals surface area contributed by atoms with Crippen LogP contribution in [0.1, 0.15) is 34.1 Å². The number of nitro groups is 1. The third-order valence-electron chi connectivity index (χ3n) is 2.99.